The van der Waals surface area contributed by atoms with Gasteiger partial charge in [-0.25, -0.2) is 4.98 Å². The lowest BCUT2D eigenvalue weighted by Crippen LogP contribution is -1.91. The highest BCUT2D eigenvalue weighted by atomic mass is 16.6. The van der Waals surface area contributed by atoms with E-state index in [1.807, 2.05) is 36.4 Å². The Kier molecular flexibility index (Phi) is 3.78. The highest BCUT2D eigenvalue weighted by molar-refractivity contribution is 5.71. The molecular formula is C17H12N2O3. The first-order chi connectivity index (χ1) is 10.7. The zero-order valence-electron chi connectivity index (χ0n) is 11.5. The average molecular weight is 292 g/mol. The molecule has 0 N–H and O–H groups in total. The van der Waals surface area contributed by atoms with Crippen molar-refractivity contribution in [3.63, 3.8) is 0 Å². The number of rotatable bonds is 4. The largest absolute Gasteiger partial charge is 0.438 e. The minimum atomic E-state index is -0.417. The molecule has 0 atom stereocenters. The second-order valence-corrected chi connectivity index (χ2v) is 4.57. The predicted octanol–water partition coefficient (Wildman–Crippen LogP) is 4.45. The van der Waals surface area contributed by atoms with Crippen molar-refractivity contribution in [2.45, 2.75) is 0 Å². The SMILES string of the molecule is O=[N+]([O-])c1ccc(-c2ccccc2Oc2ccccn2)cc1. The minimum absolute atomic E-state index is 0.0619. The summed E-state index contributed by atoms with van der Waals surface area (Å²) in [7, 11) is 0. The molecule has 3 rings (SSSR count). The van der Waals surface area contributed by atoms with Crippen LogP contribution >= 0.6 is 0 Å². The van der Waals surface area contributed by atoms with E-state index in [1.165, 1.54) is 12.1 Å². The number of hydrogen-bond donors (Lipinski definition) is 0. The fourth-order valence-corrected chi connectivity index (χ4v) is 2.08. The standard InChI is InChI=1S/C17H12N2O3/c20-19(21)14-10-8-13(9-11-14)15-5-1-2-6-16(15)22-17-7-3-4-12-18-17/h1-12H. The minimum Gasteiger partial charge on any atom is -0.438 e. The van der Waals surface area contributed by atoms with Crippen molar-refractivity contribution in [2.75, 3.05) is 0 Å². The lowest BCUT2D eigenvalue weighted by atomic mass is 10.0. The number of hydrogen-bond acceptors (Lipinski definition) is 4. The Balaban J connectivity index is 1.95. The van der Waals surface area contributed by atoms with Crippen LogP contribution in [0.2, 0.25) is 0 Å². The number of nitrogens with zero attached hydrogens (tertiary/aromatic N) is 2. The van der Waals surface area contributed by atoms with Gasteiger partial charge in [-0.2, -0.15) is 0 Å². The lowest BCUT2D eigenvalue weighted by molar-refractivity contribution is -0.384. The van der Waals surface area contributed by atoms with Crippen LogP contribution in [-0.4, -0.2) is 9.91 Å². The molecule has 0 aliphatic carbocycles. The van der Waals surface area contributed by atoms with Crippen LogP contribution in [0.15, 0.2) is 72.9 Å². The van der Waals surface area contributed by atoms with Crippen LogP contribution in [0.1, 0.15) is 0 Å². The molecule has 2 aromatic carbocycles. The first kappa shape index (κ1) is 13.8. The second kappa shape index (κ2) is 6.05. The summed E-state index contributed by atoms with van der Waals surface area (Å²) < 4.78 is 5.80. The molecule has 0 fully saturated rings. The number of pyridine rings is 1. The van der Waals surface area contributed by atoms with Crippen LogP contribution in [0.25, 0.3) is 11.1 Å². The Morgan fingerprint density at radius 3 is 2.32 bits per heavy atom. The summed E-state index contributed by atoms with van der Waals surface area (Å²) in [4.78, 5) is 14.4. The number of nitro benzene ring substituents is 1. The number of ether oxygens (including phenoxy) is 1. The van der Waals surface area contributed by atoms with Gasteiger partial charge in [-0.05, 0) is 29.8 Å². The Bertz CT molecular complexity index is 787. The summed E-state index contributed by atoms with van der Waals surface area (Å²) in [5, 5.41) is 10.7. The number of aromatic nitrogens is 1. The van der Waals surface area contributed by atoms with Gasteiger partial charge in [-0.3, -0.25) is 10.1 Å². The van der Waals surface area contributed by atoms with Crippen LogP contribution in [0.4, 0.5) is 5.69 Å². The molecule has 0 aliphatic rings. The zero-order chi connectivity index (χ0) is 15.4. The molecular weight excluding hydrogens is 280 g/mol. The van der Waals surface area contributed by atoms with Crippen LogP contribution in [0.5, 0.6) is 11.6 Å². The number of benzene rings is 2. The van der Waals surface area contributed by atoms with Crippen molar-refractivity contribution < 1.29 is 9.66 Å². The summed E-state index contributed by atoms with van der Waals surface area (Å²) in [5.74, 6) is 1.15. The number of non-ortho nitro benzene ring substituents is 1. The lowest BCUT2D eigenvalue weighted by Gasteiger charge is -2.10. The quantitative estimate of drug-likeness (QED) is 0.526. The average Bonchev–Trinajstić information content (AvgIpc) is 2.56. The van der Waals surface area contributed by atoms with Gasteiger partial charge in [0.1, 0.15) is 5.75 Å². The van der Waals surface area contributed by atoms with Gasteiger partial charge >= 0.3 is 0 Å². The van der Waals surface area contributed by atoms with Crippen LogP contribution < -0.4 is 4.74 Å². The fraction of sp³-hybridized carbons (Fsp3) is 0. The molecule has 3 aromatic rings. The van der Waals surface area contributed by atoms with Gasteiger partial charge in [-0.1, -0.05) is 24.3 Å². The first-order valence-corrected chi connectivity index (χ1v) is 6.67. The number of para-hydroxylation sites is 1. The molecule has 0 amide bonds. The van der Waals surface area contributed by atoms with Crippen molar-refractivity contribution in [1.82, 2.24) is 4.98 Å². The molecule has 0 saturated carbocycles. The summed E-state index contributed by atoms with van der Waals surface area (Å²) in [6, 6.07) is 19.3. The molecule has 0 saturated heterocycles. The smallest absolute Gasteiger partial charge is 0.269 e. The molecule has 5 nitrogen and oxygen atoms in total. The van der Waals surface area contributed by atoms with E-state index in [2.05, 4.69) is 4.98 Å². The van der Waals surface area contributed by atoms with E-state index in [0.29, 0.717) is 11.6 Å². The van der Waals surface area contributed by atoms with Crippen LogP contribution in [0.3, 0.4) is 0 Å². The van der Waals surface area contributed by atoms with Gasteiger partial charge < -0.3 is 4.74 Å². The van der Waals surface area contributed by atoms with Crippen molar-refractivity contribution in [1.29, 1.82) is 0 Å². The summed E-state index contributed by atoms with van der Waals surface area (Å²) >= 11 is 0. The van der Waals surface area contributed by atoms with Gasteiger partial charge in [0, 0.05) is 30.0 Å². The molecule has 0 spiro atoms. The highest BCUT2D eigenvalue weighted by Crippen LogP contribution is 2.33. The van der Waals surface area contributed by atoms with Crippen LogP contribution in [0, 0.1) is 10.1 Å². The number of nitro groups is 1. The van der Waals surface area contributed by atoms with Crippen molar-refractivity contribution in [2.24, 2.45) is 0 Å². The Labute approximate surface area is 127 Å². The van der Waals surface area contributed by atoms with Crippen molar-refractivity contribution in [3.8, 4) is 22.8 Å². The van der Waals surface area contributed by atoms with E-state index in [9.17, 15) is 10.1 Å². The summed E-state index contributed by atoms with van der Waals surface area (Å²) in [6.07, 6.45) is 1.66. The normalized spacial score (nSPS) is 10.2. The third-order valence-corrected chi connectivity index (χ3v) is 3.13. The Morgan fingerprint density at radius 2 is 1.64 bits per heavy atom. The molecule has 0 bridgehead atoms. The first-order valence-electron chi connectivity index (χ1n) is 6.67. The van der Waals surface area contributed by atoms with E-state index in [-0.39, 0.29) is 5.69 Å². The molecule has 0 unspecified atom stereocenters. The van der Waals surface area contributed by atoms with E-state index in [0.717, 1.165) is 11.1 Å². The fourth-order valence-electron chi connectivity index (χ4n) is 2.08. The molecule has 1 heterocycles. The Morgan fingerprint density at radius 1 is 0.909 bits per heavy atom. The second-order valence-electron chi connectivity index (χ2n) is 4.57. The van der Waals surface area contributed by atoms with Crippen molar-refractivity contribution in [3.05, 3.63) is 83.0 Å². The van der Waals surface area contributed by atoms with Gasteiger partial charge in [0.15, 0.2) is 0 Å². The van der Waals surface area contributed by atoms with Gasteiger partial charge in [0.05, 0.1) is 4.92 Å². The van der Waals surface area contributed by atoms with Crippen LogP contribution in [-0.2, 0) is 0 Å². The Hall–Kier alpha value is -3.21. The summed E-state index contributed by atoms with van der Waals surface area (Å²) in [6.45, 7) is 0. The molecule has 1 aromatic heterocycles. The molecule has 0 aliphatic heterocycles. The van der Waals surface area contributed by atoms with Gasteiger partial charge in [0.25, 0.3) is 5.69 Å². The highest BCUT2D eigenvalue weighted by Gasteiger charge is 2.10. The molecule has 22 heavy (non-hydrogen) atoms. The monoisotopic (exact) mass is 292 g/mol. The molecule has 5 heteroatoms. The molecule has 108 valence electrons. The van der Waals surface area contributed by atoms with Gasteiger partial charge in [-0.15, -0.1) is 0 Å². The van der Waals surface area contributed by atoms with E-state index >= 15 is 0 Å². The third kappa shape index (κ3) is 2.93. The maximum absolute atomic E-state index is 10.7. The van der Waals surface area contributed by atoms with E-state index in [1.54, 1.807) is 24.4 Å². The topological polar surface area (TPSA) is 65.3 Å². The van der Waals surface area contributed by atoms with E-state index < -0.39 is 4.92 Å². The van der Waals surface area contributed by atoms with Crippen molar-refractivity contribution >= 4 is 5.69 Å². The predicted molar refractivity (Wildman–Crippen MR) is 82.8 cm³/mol. The van der Waals surface area contributed by atoms with E-state index in [4.69, 9.17) is 4.74 Å². The zero-order valence-corrected chi connectivity index (χ0v) is 11.5. The summed E-state index contributed by atoms with van der Waals surface area (Å²) in [5.41, 5.74) is 1.76. The maximum Gasteiger partial charge on any atom is 0.269 e. The third-order valence-electron chi connectivity index (χ3n) is 3.13. The van der Waals surface area contributed by atoms with Gasteiger partial charge in [0.2, 0.25) is 5.88 Å². The molecule has 0 radical (unpaired) electrons. The maximum atomic E-state index is 10.7.